The fourth-order valence-electron chi connectivity index (χ4n) is 2.14. The van der Waals surface area contributed by atoms with Gasteiger partial charge in [0.15, 0.2) is 0 Å². The zero-order valence-corrected chi connectivity index (χ0v) is 10.6. The van der Waals surface area contributed by atoms with Crippen molar-refractivity contribution in [3.8, 4) is 5.69 Å². The summed E-state index contributed by atoms with van der Waals surface area (Å²) in [6.45, 7) is 2.02. The number of benzene rings is 2. The van der Waals surface area contributed by atoms with Gasteiger partial charge in [0.2, 0.25) is 5.95 Å². The number of fused-ring (bicyclic) bond motifs is 1. The average molecular weight is 258 g/mol. The topological polar surface area (TPSA) is 43.8 Å². The van der Waals surface area contributed by atoms with Gasteiger partial charge in [0.05, 0.1) is 16.7 Å². The molecule has 90 valence electrons. The fourth-order valence-corrected chi connectivity index (χ4v) is 2.33. The number of halogens is 1. The van der Waals surface area contributed by atoms with Crippen molar-refractivity contribution < 1.29 is 0 Å². The second-order valence-electron chi connectivity index (χ2n) is 4.23. The lowest BCUT2D eigenvalue weighted by atomic mass is 10.2. The van der Waals surface area contributed by atoms with Crippen molar-refractivity contribution in [1.29, 1.82) is 0 Å². The van der Waals surface area contributed by atoms with Crippen molar-refractivity contribution in [3.63, 3.8) is 0 Å². The number of nitrogen functional groups attached to an aromatic ring is 1. The van der Waals surface area contributed by atoms with Crippen LogP contribution in [-0.2, 0) is 0 Å². The van der Waals surface area contributed by atoms with E-state index in [1.54, 1.807) is 0 Å². The normalized spacial score (nSPS) is 11.0. The lowest BCUT2D eigenvalue weighted by molar-refractivity contribution is 1.11. The zero-order valence-electron chi connectivity index (χ0n) is 9.89. The Labute approximate surface area is 110 Å². The molecule has 0 atom stereocenters. The van der Waals surface area contributed by atoms with Crippen LogP contribution in [0.2, 0.25) is 5.02 Å². The van der Waals surface area contributed by atoms with Crippen LogP contribution in [0.25, 0.3) is 16.7 Å². The average Bonchev–Trinajstić information content (AvgIpc) is 2.67. The molecule has 0 aliphatic carbocycles. The maximum Gasteiger partial charge on any atom is 0.205 e. The van der Waals surface area contributed by atoms with Crippen LogP contribution in [0.4, 0.5) is 5.95 Å². The molecular weight excluding hydrogens is 246 g/mol. The molecule has 0 saturated carbocycles. The summed E-state index contributed by atoms with van der Waals surface area (Å²) in [6, 6.07) is 13.6. The van der Waals surface area contributed by atoms with Crippen molar-refractivity contribution in [2.45, 2.75) is 6.92 Å². The maximum absolute atomic E-state index is 6.02. The summed E-state index contributed by atoms with van der Waals surface area (Å²) in [4.78, 5) is 4.42. The number of imidazole rings is 1. The molecule has 0 aliphatic heterocycles. The Hall–Kier alpha value is -2.00. The largest absolute Gasteiger partial charge is 0.369 e. The van der Waals surface area contributed by atoms with Gasteiger partial charge in [-0.05, 0) is 36.8 Å². The highest BCUT2D eigenvalue weighted by molar-refractivity contribution is 6.30. The molecule has 1 heterocycles. The molecule has 1 aromatic heterocycles. The Morgan fingerprint density at radius 1 is 1.17 bits per heavy atom. The van der Waals surface area contributed by atoms with Crippen LogP contribution in [0.5, 0.6) is 0 Å². The third kappa shape index (κ3) is 1.64. The summed E-state index contributed by atoms with van der Waals surface area (Å²) in [5, 5.41) is 0.682. The predicted molar refractivity (Wildman–Crippen MR) is 75.2 cm³/mol. The minimum Gasteiger partial charge on any atom is -0.369 e. The minimum absolute atomic E-state index is 0.474. The quantitative estimate of drug-likeness (QED) is 0.724. The minimum atomic E-state index is 0.474. The maximum atomic E-state index is 6.02. The Morgan fingerprint density at radius 3 is 2.72 bits per heavy atom. The van der Waals surface area contributed by atoms with Crippen LogP contribution in [-0.4, -0.2) is 9.55 Å². The van der Waals surface area contributed by atoms with Crippen molar-refractivity contribution in [1.82, 2.24) is 9.55 Å². The zero-order chi connectivity index (χ0) is 12.7. The van der Waals surface area contributed by atoms with Crippen molar-refractivity contribution in [2.75, 3.05) is 5.73 Å². The highest BCUT2D eigenvalue weighted by atomic mass is 35.5. The molecule has 18 heavy (non-hydrogen) atoms. The van der Waals surface area contributed by atoms with Gasteiger partial charge in [0.1, 0.15) is 0 Å². The summed E-state index contributed by atoms with van der Waals surface area (Å²) >= 11 is 6.02. The van der Waals surface area contributed by atoms with Crippen LogP contribution >= 0.6 is 11.6 Å². The van der Waals surface area contributed by atoms with E-state index in [1.807, 2.05) is 54.0 Å². The van der Waals surface area contributed by atoms with E-state index < -0.39 is 0 Å². The van der Waals surface area contributed by atoms with Gasteiger partial charge >= 0.3 is 0 Å². The molecule has 2 N–H and O–H groups in total. The number of rotatable bonds is 1. The fraction of sp³-hybridized carbons (Fsp3) is 0.0714. The second kappa shape index (κ2) is 4.03. The van der Waals surface area contributed by atoms with Gasteiger partial charge in [0, 0.05) is 5.02 Å². The third-order valence-corrected chi connectivity index (χ3v) is 3.21. The number of nitrogens with two attached hydrogens (primary N) is 1. The van der Waals surface area contributed by atoms with E-state index in [0.29, 0.717) is 11.0 Å². The van der Waals surface area contributed by atoms with Crippen molar-refractivity contribution >= 4 is 28.6 Å². The number of para-hydroxylation sites is 1. The Morgan fingerprint density at radius 2 is 1.94 bits per heavy atom. The lowest BCUT2D eigenvalue weighted by Gasteiger charge is -2.06. The molecule has 2 aromatic carbocycles. The van der Waals surface area contributed by atoms with Gasteiger partial charge < -0.3 is 5.73 Å². The molecular formula is C14H12ClN3. The number of aromatic nitrogens is 2. The summed E-state index contributed by atoms with van der Waals surface area (Å²) in [7, 11) is 0. The monoisotopic (exact) mass is 257 g/mol. The molecule has 0 unspecified atom stereocenters. The molecule has 0 spiro atoms. The van der Waals surface area contributed by atoms with E-state index in [4.69, 9.17) is 17.3 Å². The van der Waals surface area contributed by atoms with E-state index in [0.717, 1.165) is 22.3 Å². The smallest absolute Gasteiger partial charge is 0.205 e. The summed E-state index contributed by atoms with van der Waals surface area (Å²) < 4.78 is 1.91. The van der Waals surface area contributed by atoms with E-state index in [1.165, 1.54) is 0 Å². The molecule has 0 fully saturated rings. The Kier molecular flexibility index (Phi) is 2.49. The number of hydrogen-bond donors (Lipinski definition) is 1. The van der Waals surface area contributed by atoms with Gasteiger partial charge in [0.25, 0.3) is 0 Å². The standard InChI is InChI=1S/C14H12ClN3/c1-9-4-2-7-12-13(9)17-14(16)18(12)11-6-3-5-10(15)8-11/h2-8H,1H3,(H2,16,17). The van der Waals surface area contributed by atoms with Gasteiger partial charge in [-0.2, -0.15) is 0 Å². The van der Waals surface area contributed by atoms with Crippen molar-refractivity contribution in [2.24, 2.45) is 0 Å². The van der Waals surface area contributed by atoms with Crippen LogP contribution in [0.1, 0.15) is 5.56 Å². The highest BCUT2D eigenvalue weighted by Crippen LogP contribution is 2.26. The van der Waals surface area contributed by atoms with Crippen LogP contribution in [0.15, 0.2) is 42.5 Å². The first kappa shape index (κ1) is 11.1. The highest BCUT2D eigenvalue weighted by Gasteiger charge is 2.11. The van der Waals surface area contributed by atoms with Gasteiger partial charge in [-0.3, -0.25) is 4.57 Å². The second-order valence-corrected chi connectivity index (χ2v) is 4.66. The molecule has 3 aromatic rings. The van der Waals surface area contributed by atoms with Gasteiger partial charge in [-0.15, -0.1) is 0 Å². The molecule has 0 bridgehead atoms. The molecule has 0 amide bonds. The van der Waals surface area contributed by atoms with E-state index >= 15 is 0 Å². The SMILES string of the molecule is Cc1cccc2c1nc(N)n2-c1cccc(Cl)c1. The van der Waals surface area contributed by atoms with Crippen LogP contribution in [0.3, 0.4) is 0 Å². The third-order valence-electron chi connectivity index (χ3n) is 2.98. The van der Waals surface area contributed by atoms with Crippen molar-refractivity contribution in [3.05, 3.63) is 53.1 Å². The Balaban J connectivity index is 2.36. The van der Waals surface area contributed by atoms with Crippen LogP contribution < -0.4 is 5.73 Å². The molecule has 3 nitrogen and oxygen atoms in total. The summed E-state index contributed by atoms with van der Waals surface area (Å²) in [6.07, 6.45) is 0. The van der Waals surface area contributed by atoms with Gasteiger partial charge in [-0.25, -0.2) is 4.98 Å². The number of anilines is 1. The van der Waals surface area contributed by atoms with E-state index in [9.17, 15) is 0 Å². The lowest BCUT2D eigenvalue weighted by Crippen LogP contribution is -2.00. The predicted octanol–water partition coefficient (Wildman–Crippen LogP) is 3.57. The first-order valence-electron chi connectivity index (χ1n) is 5.66. The molecule has 0 radical (unpaired) electrons. The number of nitrogens with zero attached hydrogens (tertiary/aromatic N) is 2. The first-order chi connectivity index (χ1) is 8.66. The molecule has 3 rings (SSSR count). The first-order valence-corrected chi connectivity index (χ1v) is 6.04. The van der Waals surface area contributed by atoms with Crippen LogP contribution in [0, 0.1) is 6.92 Å². The molecule has 0 saturated heterocycles. The van der Waals surface area contributed by atoms with E-state index in [2.05, 4.69) is 4.98 Å². The van der Waals surface area contributed by atoms with Gasteiger partial charge in [-0.1, -0.05) is 29.8 Å². The number of aryl methyl sites for hydroxylation is 1. The molecule has 0 aliphatic rings. The molecule has 4 heteroatoms. The number of hydrogen-bond acceptors (Lipinski definition) is 2. The summed E-state index contributed by atoms with van der Waals surface area (Å²) in [5.41, 5.74) is 9.97. The Bertz CT molecular complexity index is 731. The van der Waals surface area contributed by atoms with E-state index in [-0.39, 0.29) is 0 Å². The summed E-state index contributed by atoms with van der Waals surface area (Å²) in [5.74, 6) is 0.474.